The monoisotopic (exact) mass is 361 g/mol. The molecule has 0 aromatic carbocycles. The number of nitrogens with zero attached hydrogens (tertiary/aromatic N) is 1. The molecular weight excluding hydrogens is 354 g/mol. The lowest BCUT2D eigenvalue weighted by Crippen LogP contribution is -2.20. The number of pyridine rings is 1. The van der Waals surface area contributed by atoms with Crippen LogP contribution in [0.5, 0.6) is 5.75 Å². The average Bonchev–Trinajstić information content (AvgIpc) is 2.08. The van der Waals surface area contributed by atoms with E-state index in [1.54, 1.807) is 29.5 Å². The van der Waals surface area contributed by atoms with Crippen LogP contribution in [0.25, 0.3) is 0 Å². The van der Waals surface area contributed by atoms with Crippen molar-refractivity contribution in [1.29, 1.82) is 0 Å². The Bertz CT molecular complexity index is 448. The number of carbonyl (C=O) groups is 1. The smallest absolute Gasteiger partial charge is 0.481 e. The van der Waals surface area contributed by atoms with Crippen LogP contribution in [0.1, 0.15) is 11.3 Å². The SMILES string of the molecule is Cc1cc(CC(=O)O)c(OC(F)(F)F)c(I)n1. The number of hydrogen-bond acceptors (Lipinski definition) is 3. The number of carboxylic acids is 1. The molecule has 4 nitrogen and oxygen atoms in total. The highest BCUT2D eigenvalue weighted by Crippen LogP contribution is 2.31. The number of ether oxygens (including phenoxy) is 1. The Morgan fingerprint density at radius 2 is 2.18 bits per heavy atom. The number of aliphatic carboxylic acids is 1. The van der Waals surface area contributed by atoms with Gasteiger partial charge in [-0.3, -0.25) is 4.79 Å². The van der Waals surface area contributed by atoms with Gasteiger partial charge >= 0.3 is 12.3 Å². The van der Waals surface area contributed by atoms with Gasteiger partial charge in [0.1, 0.15) is 3.70 Å². The van der Waals surface area contributed by atoms with Crippen LogP contribution >= 0.6 is 22.6 Å². The van der Waals surface area contributed by atoms with E-state index in [1.165, 1.54) is 6.07 Å². The maximum Gasteiger partial charge on any atom is 0.573 e. The molecular formula is C9H7F3INO3. The minimum Gasteiger partial charge on any atom is -0.481 e. The Kier molecular flexibility index (Phi) is 4.17. The topological polar surface area (TPSA) is 59.4 Å². The Morgan fingerprint density at radius 3 is 2.65 bits per heavy atom. The van der Waals surface area contributed by atoms with Crippen molar-refractivity contribution in [3.63, 3.8) is 0 Å². The van der Waals surface area contributed by atoms with E-state index in [0.29, 0.717) is 5.69 Å². The van der Waals surface area contributed by atoms with Gasteiger partial charge in [-0.1, -0.05) is 0 Å². The van der Waals surface area contributed by atoms with Gasteiger partial charge < -0.3 is 9.84 Å². The second-order valence-electron chi connectivity index (χ2n) is 3.16. The first-order chi connectivity index (χ1) is 7.69. The molecule has 0 fully saturated rings. The van der Waals surface area contributed by atoms with Crippen LogP contribution in [0.2, 0.25) is 0 Å². The molecule has 0 bridgehead atoms. The predicted molar refractivity (Wildman–Crippen MR) is 59.7 cm³/mol. The molecule has 0 unspecified atom stereocenters. The molecule has 1 N–H and O–H groups in total. The molecule has 94 valence electrons. The molecule has 0 spiro atoms. The highest BCUT2D eigenvalue weighted by Gasteiger charge is 2.33. The number of aryl methyl sites for hydroxylation is 1. The first-order valence-corrected chi connectivity index (χ1v) is 5.40. The van der Waals surface area contributed by atoms with E-state index in [-0.39, 0.29) is 9.26 Å². The minimum atomic E-state index is -4.87. The summed E-state index contributed by atoms with van der Waals surface area (Å²) >= 11 is 1.57. The quantitative estimate of drug-likeness (QED) is 0.664. The van der Waals surface area contributed by atoms with Gasteiger partial charge in [-0.25, -0.2) is 4.98 Å². The molecule has 1 heterocycles. The normalized spacial score (nSPS) is 11.4. The molecule has 0 radical (unpaired) electrons. The van der Waals surface area contributed by atoms with Crippen molar-refractivity contribution in [2.45, 2.75) is 19.7 Å². The number of hydrogen-bond donors (Lipinski definition) is 1. The van der Waals surface area contributed by atoms with E-state index in [9.17, 15) is 18.0 Å². The molecule has 1 aromatic rings. The third kappa shape index (κ3) is 4.36. The van der Waals surface area contributed by atoms with Gasteiger partial charge in [0.25, 0.3) is 0 Å². The fraction of sp³-hybridized carbons (Fsp3) is 0.333. The maximum absolute atomic E-state index is 12.1. The Hall–Kier alpha value is -1.06. The number of halogens is 4. The number of alkyl halides is 3. The molecule has 0 aliphatic heterocycles. The first-order valence-electron chi connectivity index (χ1n) is 4.32. The van der Waals surface area contributed by atoms with Gasteiger partial charge in [-0.05, 0) is 35.6 Å². The predicted octanol–water partition coefficient (Wildman–Crippen LogP) is 2.52. The lowest BCUT2D eigenvalue weighted by atomic mass is 10.1. The van der Waals surface area contributed by atoms with Gasteiger partial charge in [0.15, 0.2) is 5.75 Å². The van der Waals surface area contributed by atoms with E-state index >= 15 is 0 Å². The molecule has 0 aliphatic rings. The van der Waals surface area contributed by atoms with Crippen molar-refractivity contribution in [2.75, 3.05) is 0 Å². The second kappa shape index (κ2) is 5.07. The number of rotatable bonds is 3. The van der Waals surface area contributed by atoms with Crippen LogP contribution in [0.3, 0.4) is 0 Å². The Balaban J connectivity index is 3.20. The highest BCUT2D eigenvalue weighted by atomic mass is 127. The molecule has 8 heteroatoms. The van der Waals surface area contributed by atoms with Crippen molar-refractivity contribution >= 4 is 28.6 Å². The largest absolute Gasteiger partial charge is 0.573 e. The first kappa shape index (κ1) is 14.0. The summed E-state index contributed by atoms with van der Waals surface area (Å²) in [6.45, 7) is 1.56. The lowest BCUT2D eigenvalue weighted by molar-refractivity contribution is -0.275. The number of carboxylic acid groups (broad SMARTS) is 1. The minimum absolute atomic E-state index is 0.0174. The summed E-state index contributed by atoms with van der Waals surface area (Å²) < 4.78 is 40.2. The number of aromatic nitrogens is 1. The van der Waals surface area contributed by atoms with E-state index in [2.05, 4.69) is 9.72 Å². The van der Waals surface area contributed by atoms with Crippen molar-refractivity contribution in [3.8, 4) is 5.75 Å². The van der Waals surface area contributed by atoms with Crippen molar-refractivity contribution < 1.29 is 27.8 Å². The fourth-order valence-electron chi connectivity index (χ4n) is 1.21. The molecule has 1 rings (SSSR count). The third-order valence-electron chi connectivity index (χ3n) is 1.70. The van der Waals surface area contributed by atoms with Gasteiger partial charge in [0, 0.05) is 11.3 Å². The molecule has 17 heavy (non-hydrogen) atoms. The molecule has 0 amide bonds. The van der Waals surface area contributed by atoms with Crippen LogP contribution in [-0.2, 0) is 11.2 Å². The molecule has 0 atom stereocenters. The van der Waals surface area contributed by atoms with Crippen molar-refractivity contribution in [1.82, 2.24) is 4.98 Å². The van der Waals surface area contributed by atoms with Crippen LogP contribution in [0, 0.1) is 10.6 Å². The summed E-state index contributed by atoms with van der Waals surface area (Å²) in [7, 11) is 0. The van der Waals surface area contributed by atoms with Crippen LogP contribution in [0.15, 0.2) is 6.07 Å². The van der Waals surface area contributed by atoms with Crippen LogP contribution in [0.4, 0.5) is 13.2 Å². The van der Waals surface area contributed by atoms with Gasteiger partial charge in [0.05, 0.1) is 6.42 Å². The summed E-state index contributed by atoms with van der Waals surface area (Å²) in [5.41, 5.74) is 0.381. The summed E-state index contributed by atoms with van der Waals surface area (Å²) in [5, 5.41) is 8.61. The van der Waals surface area contributed by atoms with E-state index < -0.39 is 24.5 Å². The zero-order valence-electron chi connectivity index (χ0n) is 8.51. The van der Waals surface area contributed by atoms with E-state index in [0.717, 1.165) is 0 Å². The summed E-state index contributed by atoms with van der Waals surface area (Å²) in [6, 6.07) is 1.26. The second-order valence-corrected chi connectivity index (χ2v) is 4.18. The van der Waals surface area contributed by atoms with Crippen LogP contribution in [-0.4, -0.2) is 22.4 Å². The summed E-state index contributed by atoms with van der Waals surface area (Å²) in [4.78, 5) is 14.3. The highest BCUT2D eigenvalue weighted by molar-refractivity contribution is 14.1. The Labute approximate surface area is 108 Å². The van der Waals surface area contributed by atoms with Crippen LogP contribution < -0.4 is 4.74 Å². The third-order valence-corrected chi connectivity index (χ3v) is 2.43. The van der Waals surface area contributed by atoms with Gasteiger partial charge in [-0.2, -0.15) is 0 Å². The van der Waals surface area contributed by atoms with E-state index in [4.69, 9.17) is 5.11 Å². The average molecular weight is 361 g/mol. The maximum atomic E-state index is 12.1. The van der Waals surface area contributed by atoms with Gasteiger partial charge in [-0.15, -0.1) is 13.2 Å². The standard InChI is InChI=1S/C9H7F3INO3/c1-4-2-5(3-6(15)16)7(8(13)14-4)17-9(10,11)12/h2H,3H2,1H3,(H,15,16). The Morgan fingerprint density at radius 1 is 1.59 bits per heavy atom. The molecule has 0 saturated heterocycles. The van der Waals surface area contributed by atoms with E-state index in [1.807, 2.05) is 0 Å². The van der Waals surface area contributed by atoms with Crippen molar-refractivity contribution in [2.24, 2.45) is 0 Å². The fourth-order valence-corrected chi connectivity index (χ4v) is 2.04. The molecule has 0 saturated carbocycles. The summed E-state index contributed by atoms with van der Waals surface area (Å²) in [6.07, 6.45) is -5.42. The molecule has 1 aromatic heterocycles. The summed E-state index contributed by atoms with van der Waals surface area (Å²) in [5.74, 6) is -1.79. The zero-order valence-corrected chi connectivity index (χ0v) is 10.7. The van der Waals surface area contributed by atoms with Gasteiger partial charge in [0.2, 0.25) is 0 Å². The lowest BCUT2D eigenvalue weighted by Gasteiger charge is -2.14. The van der Waals surface area contributed by atoms with Crippen molar-refractivity contribution in [3.05, 3.63) is 21.0 Å². The molecule has 0 aliphatic carbocycles. The zero-order chi connectivity index (χ0) is 13.2.